The Morgan fingerprint density at radius 2 is 1.35 bits per heavy atom. The third-order valence-corrected chi connectivity index (χ3v) is 2.83. The lowest BCUT2D eigenvalue weighted by Crippen LogP contribution is -2.17. The summed E-state index contributed by atoms with van der Waals surface area (Å²) in [6, 6.07) is 19.5. The van der Waals surface area contributed by atoms with Gasteiger partial charge in [-0.15, -0.1) is 0 Å². The van der Waals surface area contributed by atoms with Crippen LogP contribution in [0.2, 0.25) is 0 Å². The fourth-order valence-corrected chi connectivity index (χ4v) is 2.00. The Labute approximate surface area is 103 Å². The summed E-state index contributed by atoms with van der Waals surface area (Å²) in [6.07, 6.45) is 1.95. The first-order chi connectivity index (χ1) is 8.24. The zero-order valence-electron chi connectivity index (χ0n) is 10.3. The van der Waals surface area contributed by atoms with Gasteiger partial charge in [-0.25, -0.2) is 0 Å². The third-order valence-electron chi connectivity index (χ3n) is 2.83. The maximum atomic E-state index is 5.79. The summed E-state index contributed by atoms with van der Waals surface area (Å²) in [5.41, 5.74) is 9.81. The second-order valence-corrected chi connectivity index (χ2v) is 4.66. The van der Waals surface area contributed by atoms with Crippen LogP contribution in [-0.4, -0.2) is 6.04 Å². The van der Waals surface area contributed by atoms with E-state index in [2.05, 4.69) is 54.6 Å². The minimum absolute atomic E-state index is 0.231. The minimum atomic E-state index is 0.231. The Morgan fingerprint density at radius 1 is 0.824 bits per heavy atom. The minimum Gasteiger partial charge on any atom is -0.328 e. The molecule has 1 unspecified atom stereocenters. The van der Waals surface area contributed by atoms with Crippen LogP contribution < -0.4 is 5.73 Å². The molecule has 0 aliphatic rings. The molecule has 0 radical (unpaired) electrons. The second kappa shape index (κ2) is 5.65. The van der Waals surface area contributed by atoms with Gasteiger partial charge in [0.15, 0.2) is 0 Å². The number of nitrogens with two attached hydrogens (primary N) is 1. The molecule has 0 aliphatic carbocycles. The molecule has 0 spiro atoms. The van der Waals surface area contributed by atoms with Gasteiger partial charge in [-0.1, -0.05) is 54.6 Å². The molecule has 0 aliphatic heterocycles. The van der Waals surface area contributed by atoms with E-state index in [1.807, 2.05) is 6.92 Å². The van der Waals surface area contributed by atoms with Gasteiger partial charge in [0.25, 0.3) is 0 Å². The Balaban J connectivity index is 2.03. The van der Waals surface area contributed by atoms with E-state index in [-0.39, 0.29) is 6.04 Å². The van der Waals surface area contributed by atoms with Gasteiger partial charge >= 0.3 is 0 Å². The summed E-state index contributed by atoms with van der Waals surface area (Å²) in [5, 5.41) is 0. The lowest BCUT2D eigenvalue weighted by atomic mass is 10.0. The van der Waals surface area contributed by atoms with E-state index < -0.39 is 0 Å². The molecule has 17 heavy (non-hydrogen) atoms. The largest absolute Gasteiger partial charge is 0.328 e. The molecule has 0 saturated heterocycles. The van der Waals surface area contributed by atoms with Crippen molar-refractivity contribution in [3.8, 4) is 0 Å². The van der Waals surface area contributed by atoms with Gasteiger partial charge in [0.05, 0.1) is 0 Å². The van der Waals surface area contributed by atoms with Crippen LogP contribution in [0.4, 0.5) is 0 Å². The summed E-state index contributed by atoms with van der Waals surface area (Å²) in [4.78, 5) is 0. The van der Waals surface area contributed by atoms with E-state index in [1.165, 1.54) is 16.7 Å². The Hall–Kier alpha value is -1.60. The topological polar surface area (TPSA) is 26.0 Å². The number of rotatable bonds is 4. The van der Waals surface area contributed by atoms with Crippen molar-refractivity contribution in [1.82, 2.24) is 0 Å². The van der Waals surface area contributed by atoms with Gasteiger partial charge in [0, 0.05) is 6.04 Å². The van der Waals surface area contributed by atoms with Gasteiger partial charge in [-0.2, -0.15) is 0 Å². The molecule has 0 fully saturated rings. The summed E-state index contributed by atoms with van der Waals surface area (Å²) < 4.78 is 0. The molecule has 0 saturated carbocycles. The summed E-state index contributed by atoms with van der Waals surface area (Å²) in [6.45, 7) is 2.04. The van der Waals surface area contributed by atoms with Crippen molar-refractivity contribution in [2.75, 3.05) is 0 Å². The van der Waals surface area contributed by atoms with Crippen LogP contribution in [0.5, 0.6) is 0 Å². The SMILES string of the molecule is CC(N)Cc1ccc(Cc2ccccc2)cc1. The molecule has 88 valence electrons. The average Bonchev–Trinajstić information content (AvgIpc) is 2.32. The maximum Gasteiger partial charge on any atom is 0.00509 e. The van der Waals surface area contributed by atoms with E-state index >= 15 is 0 Å². The van der Waals surface area contributed by atoms with Crippen LogP contribution in [0.3, 0.4) is 0 Å². The standard InChI is InChI=1S/C16H19N/c1-13(17)11-15-7-9-16(10-8-15)12-14-5-3-2-4-6-14/h2-10,13H,11-12,17H2,1H3. The Kier molecular flexibility index (Phi) is 3.94. The van der Waals surface area contributed by atoms with Crippen LogP contribution in [0.15, 0.2) is 54.6 Å². The molecule has 0 bridgehead atoms. The Bertz CT molecular complexity index is 443. The second-order valence-electron chi connectivity index (χ2n) is 4.66. The highest BCUT2D eigenvalue weighted by Gasteiger charge is 1.99. The highest BCUT2D eigenvalue weighted by Crippen LogP contribution is 2.11. The first-order valence-electron chi connectivity index (χ1n) is 6.11. The summed E-state index contributed by atoms with van der Waals surface area (Å²) in [7, 11) is 0. The number of benzene rings is 2. The zero-order valence-corrected chi connectivity index (χ0v) is 10.3. The van der Waals surface area contributed by atoms with Gasteiger partial charge in [-0.05, 0) is 36.5 Å². The predicted molar refractivity (Wildman–Crippen MR) is 73.0 cm³/mol. The van der Waals surface area contributed by atoms with Crippen molar-refractivity contribution < 1.29 is 0 Å². The molecular formula is C16H19N. The fraction of sp³-hybridized carbons (Fsp3) is 0.250. The van der Waals surface area contributed by atoms with E-state index in [0.717, 1.165) is 12.8 Å². The van der Waals surface area contributed by atoms with Gasteiger partial charge < -0.3 is 5.73 Å². The Morgan fingerprint density at radius 3 is 1.94 bits per heavy atom. The lowest BCUT2D eigenvalue weighted by molar-refractivity contribution is 0.738. The van der Waals surface area contributed by atoms with Crippen molar-refractivity contribution in [3.63, 3.8) is 0 Å². The first-order valence-corrected chi connectivity index (χ1v) is 6.11. The fourth-order valence-electron chi connectivity index (χ4n) is 2.00. The van der Waals surface area contributed by atoms with Crippen LogP contribution in [-0.2, 0) is 12.8 Å². The molecule has 2 aromatic carbocycles. The molecular weight excluding hydrogens is 206 g/mol. The van der Waals surface area contributed by atoms with E-state index in [0.29, 0.717) is 0 Å². The molecule has 1 nitrogen and oxygen atoms in total. The van der Waals surface area contributed by atoms with Gasteiger partial charge in [0.1, 0.15) is 0 Å². The van der Waals surface area contributed by atoms with Crippen LogP contribution in [0.1, 0.15) is 23.6 Å². The van der Waals surface area contributed by atoms with Crippen molar-refractivity contribution in [1.29, 1.82) is 0 Å². The molecule has 1 atom stereocenters. The van der Waals surface area contributed by atoms with E-state index in [1.54, 1.807) is 0 Å². The van der Waals surface area contributed by atoms with E-state index in [9.17, 15) is 0 Å². The first kappa shape index (κ1) is 11.9. The highest BCUT2D eigenvalue weighted by molar-refractivity contribution is 5.28. The molecule has 0 amide bonds. The summed E-state index contributed by atoms with van der Waals surface area (Å²) in [5.74, 6) is 0. The zero-order chi connectivity index (χ0) is 12.1. The normalized spacial score (nSPS) is 12.4. The lowest BCUT2D eigenvalue weighted by Gasteiger charge is -2.06. The van der Waals surface area contributed by atoms with Gasteiger partial charge in [-0.3, -0.25) is 0 Å². The van der Waals surface area contributed by atoms with Crippen molar-refractivity contribution >= 4 is 0 Å². The number of hydrogen-bond acceptors (Lipinski definition) is 1. The number of hydrogen-bond donors (Lipinski definition) is 1. The summed E-state index contributed by atoms with van der Waals surface area (Å²) >= 11 is 0. The van der Waals surface area contributed by atoms with Crippen molar-refractivity contribution in [3.05, 3.63) is 71.3 Å². The molecule has 0 aromatic heterocycles. The molecule has 2 rings (SSSR count). The van der Waals surface area contributed by atoms with Crippen molar-refractivity contribution in [2.24, 2.45) is 5.73 Å². The monoisotopic (exact) mass is 225 g/mol. The van der Waals surface area contributed by atoms with Crippen LogP contribution in [0.25, 0.3) is 0 Å². The highest BCUT2D eigenvalue weighted by atomic mass is 14.6. The van der Waals surface area contributed by atoms with E-state index in [4.69, 9.17) is 5.73 Å². The molecule has 1 heteroatoms. The third kappa shape index (κ3) is 3.72. The average molecular weight is 225 g/mol. The van der Waals surface area contributed by atoms with Crippen molar-refractivity contribution in [2.45, 2.75) is 25.8 Å². The predicted octanol–water partition coefficient (Wildman–Crippen LogP) is 3.17. The quantitative estimate of drug-likeness (QED) is 0.849. The molecule has 2 N–H and O–H groups in total. The smallest absolute Gasteiger partial charge is 0.00509 e. The molecule has 0 heterocycles. The maximum absolute atomic E-state index is 5.79. The van der Waals surface area contributed by atoms with Crippen LogP contribution >= 0.6 is 0 Å². The van der Waals surface area contributed by atoms with Gasteiger partial charge in [0.2, 0.25) is 0 Å². The van der Waals surface area contributed by atoms with Crippen LogP contribution in [0, 0.1) is 0 Å². The molecule has 2 aromatic rings.